The third kappa shape index (κ3) is 3.69. The molecule has 17 heavy (non-hydrogen) atoms. The van der Waals surface area contributed by atoms with Gasteiger partial charge in [-0.15, -0.1) is 0 Å². The molecule has 1 saturated heterocycles. The molecule has 1 aliphatic rings. The third-order valence-corrected chi connectivity index (χ3v) is 4.33. The second-order valence-electron chi connectivity index (χ2n) is 4.58. The Bertz CT molecular complexity index is 339. The lowest BCUT2D eigenvalue weighted by atomic mass is 10.2. The topological polar surface area (TPSA) is 28.2 Å². The van der Waals surface area contributed by atoms with Gasteiger partial charge in [-0.1, -0.05) is 6.07 Å². The van der Waals surface area contributed by atoms with E-state index in [0.717, 1.165) is 13.1 Å². The van der Waals surface area contributed by atoms with E-state index in [1.807, 2.05) is 13.2 Å². The monoisotopic (exact) mass is 251 g/mol. The lowest BCUT2D eigenvalue weighted by Crippen LogP contribution is -2.39. The highest BCUT2D eigenvalue weighted by Gasteiger charge is 2.18. The predicted octanol–water partition coefficient (Wildman–Crippen LogP) is 1.74. The van der Waals surface area contributed by atoms with Crippen LogP contribution >= 0.6 is 11.8 Å². The van der Waals surface area contributed by atoms with E-state index >= 15 is 0 Å². The molecule has 0 saturated carbocycles. The van der Waals surface area contributed by atoms with Crippen molar-refractivity contribution in [3.63, 3.8) is 0 Å². The summed E-state index contributed by atoms with van der Waals surface area (Å²) in [7, 11) is 1.96. The molecule has 0 aliphatic carbocycles. The SMILES string of the molecule is CNCc1ccc(CN2CCSCC2C)nc1. The lowest BCUT2D eigenvalue weighted by molar-refractivity contribution is 0.221. The second-order valence-corrected chi connectivity index (χ2v) is 5.73. The van der Waals surface area contributed by atoms with E-state index in [2.05, 4.69) is 46.0 Å². The first-order valence-corrected chi connectivity index (χ1v) is 7.35. The van der Waals surface area contributed by atoms with Gasteiger partial charge in [0.1, 0.15) is 0 Å². The minimum absolute atomic E-state index is 0.674. The Hall–Kier alpha value is -0.580. The van der Waals surface area contributed by atoms with Crippen LogP contribution in [-0.4, -0.2) is 41.0 Å². The van der Waals surface area contributed by atoms with Crippen molar-refractivity contribution in [1.82, 2.24) is 15.2 Å². The molecular formula is C13H21N3S. The van der Waals surface area contributed by atoms with Crippen LogP contribution in [0.2, 0.25) is 0 Å². The third-order valence-electron chi connectivity index (χ3n) is 3.14. The van der Waals surface area contributed by atoms with Crippen LogP contribution in [0, 0.1) is 0 Å². The predicted molar refractivity (Wildman–Crippen MR) is 74.2 cm³/mol. The van der Waals surface area contributed by atoms with Crippen molar-refractivity contribution in [1.29, 1.82) is 0 Å². The smallest absolute Gasteiger partial charge is 0.0544 e. The van der Waals surface area contributed by atoms with E-state index in [1.165, 1.54) is 29.3 Å². The molecule has 1 N–H and O–H groups in total. The number of nitrogens with one attached hydrogen (secondary N) is 1. The largest absolute Gasteiger partial charge is 0.316 e. The van der Waals surface area contributed by atoms with E-state index in [-0.39, 0.29) is 0 Å². The van der Waals surface area contributed by atoms with Crippen LogP contribution in [-0.2, 0) is 13.1 Å². The fourth-order valence-corrected chi connectivity index (χ4v) is 3.14. The van der Waals surface area contributed by atoms with E-state index in [1.54, 1.807) is 0 Å². The number of aromatic nitrogens is 1. The molecule has 1 fully saturated rings. The molecule has 1 unspecified atom stereocenters. The maximum atomic E-state index is 4.54. The zero-order chi connectivity index (χ0) is 12.1. The van der Waals surface area contributed by atoms with Gasteiger partial charge in [-0.05, 0) is 25.6 Å². The normalized spacial score (nSPS) is 21.6. The molecule has 2 rings (SSSR count). The summed E-state index contributed by atoms with van der Waals surface area (Å²) in [5, 5.41) is 3.14. The second kappa shape index (κ2) is 6.38. The summed E-state index contributed by atoms with van der Waals surface area (Å²) < 4.78 is 0. The summed E-state index contributed by atoms with van der Waals surface area (Å²) in [5.74, 6) is 2.50. The summed E-state index contributed by atoms with van der Waals surface area (Å²) in [6.45, 7) is 5.37. The highest BCUT2D eigenvalue weighted by atomic mass is 32.2. The van der Waals surface area contributed by atoms with Gasteiger partial charge in [0.25, 0.3) is 0 Å². The minimum Gasteiger partial charge on any atom is -0.316 e. The Morgan fingerprint density at radius 2 is 2.41 bits per heavy atom. The van der Waals surface area contributed by atoms with Crippen molar-refractivity contribution >= 4 is 11.8 Å². The average molecular weight is 251 g/mol. The van der Waals surface area contributed by atoms with Crippen molar-refractivity contribution in [3.8, 4) is 0 Å². The van der Waals surface area contributed by atoms with E-state index in [4.69, 9.17) is 0 Å². The molecule has 0 bridgehead atoms. The van der Waals surface area contributed by atoms with Gasteiger partial charge in [0.2, 0.25) is 0 Å². The first kappa shape index (κ1) is 12.9. The first-order chi connectivity index (χ1) is 8.29. The Morgan fingerprint density at radius 1 is 1.53 bits per heavy atom. The van der Waals surface area contributed by atoms with Gasteiger partial charge in [-0.3, -0.25) is 9.88 Å². The summed E-state index contributed by atoms with van der Waals surface area (Å²) in [4.78, 5) is 7.06. The molecule has 0 radical (unpaired) electrons. The maximum Gasteiger partial charge on any atom is 0.0544 e. The van der Waals surface area contributed by atoms with Crippen molar-refractivity contribution < 1.29 is 0 Å². The van der Waals surface area contributed by atoms with Crippen molar-refractivity contribution in [2.75, 3.05) is 25.1 Å². The fraction of sp³-hybridized carbons (Fsp3) is 0.615. The van der Waals surface area contributed by atoms with Crippen LogP contribution in [0.1, 0.15) is 18.2 Å². The Balaban J connectivity index is 1.93. The highest BCUT2D eigenvalue weighted by molar-refractivity contribution is 7.99. The number of hydrogen-bond donors (Lipinski definition) is 1. The van der Waals surface area contributed by atoms with Gasteiger partial charge in [-0.2, -0.15) is 11.8 Å². The van der Waals surface area contributed by atoms with Gasteiger partial charge in [0.15, 0.2) is 0 Å². The number of thioether (sulfide) groups is 1. The Labute approximate surface area is 108 Å². The fourth-order valence-electron chi connectivity index (χ4n) is 2.06. The molecule has 4 heteroatoms. The molecule has 1 aromatic heterocycles. The van der Waals surface area contributed by atoms with Crippen LogP contribution in [0.4, 0.5) is 0 Å². The molecule has 0 aromatic carbocycles. The van der Waals surface area contributed by atoms with Crippen LogP contribution in [0.15, 0.2) is 18.3 Å². The van der Waals surface area contributed by atoms with Crippen molar-refractivity contribution in [2.45, 2.75) is 26.1 Å². The van der Waals surface area contributed by atoms with Crippen molar-refractivity contribution in [2.24, 2.45) is 0 Å². The van der Waals surface area contributed by atoms with E-state index < -0.39 is 0 Å². The Kier molecular flexibility index (Phi) is 4.83. The average Bonchev–Trinajstić information content (AvgIpc) is 2.35. The van der Waals surface area contributed by atoms with E-state index in [9.17, 15) is 0 Å². The van der Waals surface area contributed by atoms with Crippen LogP contribution in [0.3, 0.4) is 0 Å². The maximum absolute atomic E-state index is 4.54. The van der Waals surface area contributed by atoms with E-state index in [0.29, 0.717) is 6.04 Å². The number of pyridine rings is 1. The minimum atomic E-state index is 0.674. The standard InChI is InChI=1S/C13H21N3S/c1-11-10-17-6-5-16(11)9-13-4-3-12(7-14-2)8-15-13/h3-4,8,11,14H,5-7,9-10H2,1-2H3. The summed E-state index contributed by atoms with van der Waals surface area (Å²) in [5.41, 5.74) is 2.43. The highest BCUT2D eigenvalue weighted by Crippen LogP contribution is 2.17. The van der Waals surface area contributed by atoms with Crippen LogP contribution < -0.4 is 5.32 Å². The number of rotatable bonds is 4. The summed E-state index contributed by atoms with van der Waals surface area (Å²) in [6, 6.07) is 5.00. The molecule has 1 aromatic rings. The first-order valence-electron chi connectivity index (χ1n) is 6.20. The summed E-state index contributed by atoms with van der Waals surface area (Å²) in [6.07, 6.45) is 1.98. The van der Waals surface area contributed by atoms with Gasteiger partial charge in [0.05, 0.1) is 5.69 Å². The Morgan fingerprint density at radius 3 is 3.06 bits per heavy atom. The number of nitrogens with zero attached hydrogens (tertiary/aromatic N) is 2. The van der Waals surface area contributed by atoms with Crippen molar-refractivity contribution in [3.05, 3.63) is 29.6 Å². The molecule has 1 aliphatic heterocycles. The zero-order valence-corrected chi connectivity index (χ0v) is 11.5. The molecule has 0 spiro atoms. The lowest BCUT2D eigenvalue weighted by Gasteiger charge is -2.32. The molecule has 1 atom stereocenters. The molecular weight excluding hydrogens is 230 g/mol. The number of hydrogen-bond acceptors (Lipinski definition) is 4. The van der Waals surface area contributed by atoms with Gasteiger partial charge >= 0.3 is 0 Å². The summed E-state index contributed by atoms with van der Waals surface area (Å²) >= 11 is 2.06. The van der Waals surface area contributed by atoms with Gasteiger partial charge in [-0.25, -0.2) is 0 Å². The molecule has 3 nitrogen and oxygen atoms in total. The molecule has 2 heterocycles. The van der Waals surface area contributed by atoms with Crippen LogP contribution in [0.25, 0.3) is 0 Å². The van der Waals surface area contributed by atoms with Gasteiger partial charge in [0, 0.05) is 43.4 Å². The molecule has 94 valence electrons. The van der Waals surface area contributed by atoms with Crippen LogP contribution in [0.5, 0.6) is 0 Å². The zero-order valence-electron chi connectivity index (χ0n) is 10.6. The molecule has 0 amide bonds. The quantitative estimate of drug-likeness (QED) is 0.882. The van der Waals surface area contributed by atoms with Gasteiger partial charge < -0.3 is 5.32 Å².